The monoisotopic (exact) mass is 213 g/mol. The Morgan fingerprint density at radius 3 is 3.00 bits per heavy atom. The Bertz CT molecular complexity index is 452. The number of aliphatic hydroxyl groups is 1. The van der Waals surface area contributed by atoms with Gasteiger partial charge in [-0.15, -0.1) is 0 Å². The second kappa shape index (κ2) is 3.95. The first kappa shape index (κ1) is 10.1. The molecule has 2 rings (SSSR count). The van der Waals surface area contributed by atoms with E-state index in [2.05, 4.69) is 4.98 Å². The number of nitrogens with zero attached hydrogens (tertiary/aromatic N) is 2. The highest BCUT2D eigenvalue weighted by atomic mass is 16.5. The molecule has 15 heavy (non-hydrogen) atoms. The summed E-state index contributed by atoms with van der Waals surface area (Å²) in [4.78, 5) is 27.6. The number of hydrogen-bond donors (Lipinski definition) is 2. The lowest BCUT2D eigenvalue weighted by molar-refractivity contribution is -0.0252. The quantitative estimate of drug-likeness (QED) is 0.629. The zero-order valence-corrected chi connectivity index (χ0v) is 7.92. The van der Waals surface area contributed by atoms with Crippen LogP contribution in [-0.2, 0) is 4.74 Å². The average molecular weight is 213 g/mol. The van der Waals surface area contributed by atoms with Crippen LogP contribution in [0.2, 0.25) is 0 Å². The van der Waals surface area contributed by atoms with E-state index in [1.165, 1.54) is 4.57 Å². The Hall–Kier alpha value is -1.47. The maximum absolute atomic E-state index is 11.3. The number of aromatic amines is 1. The smallest absolute Gasteiger partial charge is 0.350 e. The van der Waals surface area contributed by atoms with Crippen LogP contribution in [0.3, 0.4) is 0 Å². The average Bonchev–Trinajstić information content (AvgIpc) is 2.66. The Kier molecular flexibility index (Phi) is 2.65. The third-order valence-corrected chi connectivity index (χ3v) is 2.35. The Morgan fingerprint density at radius 2 is 2.40 bits per heavy atom. The molecule has 1 saturated heterocycles. The predicted octanol–water partition coefficient (Wildman–Crippen LogP) is -1.40. The fourth-order valence-corrected chi connectivity index (χ4v) is 1.59. The Morgan fingerprint density at radius 1 is 1.60 bits per heavy atom. The number of hydrogen-bond acceptors (Lipinski definition) is 5. The van der Waals surface area contributed by atoms with E-state index in [-0.39, 0.29) is 12.7 Å². The highest BCUT2D eigenvalue weighted by Crippen LogP contribution is 2.25. The maximum Gasteiger partial charge on any atom is 0.350 e. The van der Waals surface area contributed by atoms with Gasteiger partial charge in [-0.1, -0.05) is 0 Å². The minimum atomic E-state index is -0.673. The highest BCUT2D eigenvalue weighted by molar-refractivity contribution is 4.76. The topological polar surface area (TPSA) is 97.2 Å². The molecule has 1 fully saturated rings. The van der Waals surface area contributed by atoms with E-state index in [1.54, 1.807) is 0 Å². The molecule has 2 heterocycles. The molecule has 0 radical (unpaired) electrons. The molecule has 0 aliphatic carbocycles. The van der Waals surface area contributed by atoms with E-state index in [4.69, 9.17) is 9.84 Å². The predicted molar refractivity (Wildman–Crippen MR) is 49.3 cm³/mol. The van der Waals surface area contributed by atoms with Gasteiger partial charge < -0.3 is 9.84 Å². The van der Waals surface area contributed by atoms with Crippen molar-refractivity contribution in [2.45, 2.75) is 25.2 Å². The molecule has 7 nitrogen and oxygen atoms in total. The molecular weight excluding hydrogens is 202 g/mol. The third-order valence-electron chi connectivity index (χ3n) is 2.35. The molecule has 0 bridgehead atoms. The van der Waals surface area contributed by atoms with Crippen LogP contribution < -0.4 is 11.4 Å². The van der Waals surface area contributed by atoms with Gasteiger partial charge >= 0.3 is 11.4 Å². The SMILES string of the molecule is O=c1ncn(C2CCC(CO)O2)c(=O)[nH]1. The van der Waals surface area contributed by atoms with Crippen LogP contribution in [0.4, 0.5) is 0 Å². The molecule has 0 spiro atoms. The lowest BCUT2D eigenvalue weighted by Crippen LogP contribution is -2.33. The van der Waals surface area contributed by atoms with Crippen molar-refractivity contribution in [3.8, 4) is 0 Å². The lowest BCUT2D eigenvalue weighted by atomic mass is 10.2. The summed E-state index contributed by atoms with van der Waals surface area (Å²) in [6.45, 7) is -0.0674. The molecule has 1 aliphatic heterocycles. The Labute approximate surface area is 84.4 Å². The van der Waals surface area contributed by atoms with Crippen LogP contribution in [0, 0.1) is 0 Å². The van der Waals surface area contributed by atoms with Crippen LogP contribution in [0.15, 0.2) is 15.9 Å². The van der Waals surface area contributed by atoms with Crippen molar-refractivity contribution < 1.29 is 9.84 Å². The zero-order chi connectivity index (χ0) is 10.8. The van der Waals surface area contributed by atoms with Crippen LogP contribution in [-0.4, -0.2) is 32.4 Å². The number of aliphatic hydroxyl groups excluding tert-OH is 1. The molecule has 2 atom stereocenters. The van der Waals surface area contributed by atoms with Crippen LogP contribution in [0.5, 0.6) is 0 Å². The molecule has 2 N–H and O–H groups in total. The molecule has 0 aromatic carbocycles. The van der Waals surface area contributed by atoms with Gasteiger partial charge in [0.2, 0.25) is 0 Å². The largest absolute Gasteiger partial charge is 0.394 e. The summed E-state index contributed by atoms with van der Waals surface area (Å²) in [6.07, 6.45) is 1.78. The van der Waals surface area contributed by atoms with Crippen molar-refractivity contribution in [2.75, 3.05) is 6.61 Å². The minimum Gasteiger partial charge on any atom is -0.394 e. The zero-order valence-electron chi connectivity index (χ0n) is 7.92. The van der Waals surface area contributed by atoms with Gasteiger partial charge in [0.05, 0.1) is 12.7 Å². The van der Waals surface area contributed by atoms with Crippen molar-refractivity contribution >= 4 is 0 Å². The van der Waals surface area contributed by atoms with E-state index < -0.39 is 17.6 Å². The molecule has 1 aromatic rings. The number of aromatic nitrogens is 3. The van der Waals surface area contributed by atoms with Gasteiger partial charge in [-0.05, 0) is 12.8 Å². The second-order valence-corrected chi connectivity index (χ2v) is 3.36. The first-order valence-corrected chi connectivity index (χ1v) is 4.64. The van der Waals surface area contributed by atoms with Crippen molar-refractivity contribution in [3.63, 3.8) is 0 Å². The van der Waals surface area contributed by atoms with Gasteiger partial charge in [0, 0.05) is 0 Å². The number of ether oxygens (including phenoxy) is 1. The number of rotatable bonds is 2. The summed E-state index contributed by atoms with van der Waals surface area (Å²) in [5.74, 6) is 0. The van der Waals surface area contributed by atoms with Gasteiger partial charge in [-0.2, -0.15) is 4.98 Å². The van der Waals surface area contributed by atoms with Crippen LogP contribution in [0.1, 0.15) is 19.1 Å². The van der Waals surface area contributed by atoms with Crippen molar-refractivity contribution in [1.82, 2.24) is 14.5 Å². The van der Waals surface area contributed by atoms with E-state index in [9.17, 15) is 9.59 Å². The van der Waals surface area contributed by atoms with E-state index in [1.807, 2.05) is 4.98 Å². The summed E-state index contributed by atoms with van der Waals surface area (Å²) in [5, 5.41) is 8.86. The molecular formula is C8H11N3O4. The van der Waals surface area contributed by atoms with E-state index >= 15 is 0 Å². The number of nitrogens with one attached hydrogen (secondary N) is 1. The molecule has 7 heteroatoms. The van der Waals surface area contributed by atoms with Crippen molar-refractivity contribution in [1.29, 1.82) is 0 Å². The normalized spacial score (nSPS) is 25.7. The summed E-state index contributed by atoms with van der Waals surface area (Å²) in [5.41, 5.74) is -1.22. The summed E-state index contributed by atoms with van der Waals surface area (Å²) in [6, 6.07) is 0. The lowest BCUT2D eigenvalue weighted by Gasteiger charge is -2.13. The van der Waals surface area contributed by atoms with Crippen LogP contribution >= 0.6 is 0 Å². The second-order valence-electron chi connectivity index (χ2n) is 3.36. The Balaban J connectivity index is 2.24. The van der Waals surface area contributed by atoms with Gasteiger partial charge in [0.25, 0.3) is 0 Å². The van der Waals surface area contributed by atoms with Gasteiger partial charge in [-0.25, -0.2) is 9.59 Å². The summed E-state index contributed by atoms with van der Waals surface area (Å²) < 4.78 is 6.59. The summed E-state index contributed by atoms with van der Waals surface area (Å²) >= 11 is 0. The first-order chi connectivity index (χ1) is 7.20. The molecule has 82 valence electrons. The highest BCUT2D eigenvalue weighted by Gasteiger charge is 2.26. The number of H-pyrrole nitrogens is 1. The van der Waals surface area contributed by atoms with Crippen molar-refractivity contribution in [3.05, 3.63) is 27.3 Å². The summed E-state index contributed by atoms with van der Waals surface area (Å²) in [7, 11) is 0. The third kappa shape index (κ3) is 1.97. The van der Waals surface area contributed by atoms with E-state index in [0.29, 0.717) is 12.8 Å². The van der Waals surface area contributed by atoms with Crippen molar-refractivity contribution in [2.24, 2.45) is 0 Å². The van der Waals surface area contributed by atoms with Gasteiger partial charge in [0.15, 0.2) is 0 Å². The molecule has 1 aromatic heterocycles. The van der Waals surface area contributed by atoms with E-state index in [0.717, 1.165) is 6.33 Å². The molecule has 0 amide bonds. The molecule has 2 unspecified atom stereocenters. The first-order valence-electron chi connectivity index (χ1n) is 4.64. The minimum absolute atomic E-state index is 0.0674. The fourth-order valence-electron chi connectivity index (χ4n) is 1.59. The maximum atomic E-state index is 11.3. The van der Waals surface area contributed by atoms with Gasteiger partial charge in [-0.3, -0.25) is 9.55 Å². The fraction of sp³-hybridized carbons (Fsp3) is 0.625. The molecule has 0 saturated carbocycles. The molecule has 1 aliphatic rings. The van der Waals surface area contributed by atoms with Gasteiger partial charge in [0.1, 0.15) is 12.6 Å². The van der Waals surface area contributed by atoms with Crippen LogP contribution in [0.25, 0.3) is 0 Å². The standard InChI is InChI=1S/C8H11N3O4/c12-3-5-1-2-6(15-5)11-4-9-7(13)10-8(11)14/h4-6,12H,1-3H2,(H,10,13,14).